The minimum atomic E-state index is -1.25. The van der Waals surface area contributed by atoms with Gasteiger partial charge in [0.2, 0.25) is 5.91 Å². The molecule has 2 heterocycles. The molecule has 2 aromatic rings. The molecular weight excluding hydrogens is 442 g/mol. The van der Waals surface area contributed by atoms with Crippen molar-refractivity contribution in [1.82, 2.24) is 14.0 Å². The number of hydrogen-bond donors (Lipinski definition) is 0. The summed E-state index contributed by atoms with van der Waals surface area (Å²) in [7, 11) is 0.431. The fourth-order valence-electron chi connectivity index (χ4n) is 3.42. The van der Waals surface area contributed by atoms with Crippen molar-refractivity contribution in [3.8, 4) is 0 Å². The molecular formula is C19H26BrN3O4Si. The first kappa shape index (κ1) is 21.0. The number of benzene rings is 1. The third kappa shape index (κ3) is 4.01. The van der Waals surface area contributed by atoms with E-state index in [9.17, 15) is 14.4 Å². The lowest BCUT2D eigenvalue weighted by Gasteiger charge is -2.31. The fraction of sp³-hybridized carbons (Fsp3) is 0.526. The van der Waals surface area contributed by atoms with Crippen LogP contribution in [-0.2, 0) is 21.4 Å². The minimum absolute atomic E-state index is 0.0537. The van der Waals surface area contributed by atoms with Crippen LogP contribution in [0.2, 0.25) is 25.7 Å². The monoisotopic (exact) mass is 467 g/mol. The van der Waals surface area contributed by atoms with Crippen LogP contribution in [0.25, 0.3) is 11.0 Å². The van der Waals surface area contributed by atoms with Gasteiger partial charge in [0.15, 0.2) is 0 Å². The van der Waals surface area contributed by atoms with Crippen molar-refractivity contribution in [3.05, 3.63) is 33.2 Å². The second-order valence-electron chi connectivity index (χ2n) is 8.38. The van der Waals surface area contributed by atoms with Crippen LogP contribution < -0.4 is 5.69 Å². The van der Waals surface area contributed by atoms with Gasteiger partial charge in [-0.25, -0.2) is 4.79 Å². The van der Waals surface area contributed by atoms with Gasteiger partial charge in [-0.1, -0.05) is 25.7 Å². The standard InChI is InChI=1S/C19H26BrN3O4Si/c1-21-17-13(20)6-5-7-14(17)23(19(21)26)15-8-9-16(24)22(18(15)25)12-27-10-11-28(2,3)4/h5-7,15H,8-12H2,1-4H3. The molecule has 0 N–H and O–H groups in total. The van der Waals surface area contributed by atoms with Crippen molar-refractivity contribution in [2.75, 3.05) is 13.3 Å². The number of amides is 2. The van der Waals surface area contributed by atoms with E-state index in [0.29, 0.717) is 18.5 Å². The SMILES string of the molecule is Cn1c(=O)n(C2CCC(=O)N(COCC[Si](C)(C)C)C2=O)c2cccc(Br)c21. The molecule has 9 heteroatoms. The predicted molar refractivity (Wildman–Crippen MR) is 114 cm³/mol. The van der Waals surface area contributed by atoms with Gasteiger partial charge in [-0.2, -0.15) is 0 Å². The Morgan fingerprint density at radius 3 is 2.61 bits per heavy atom. The van der Waals surface area contributed by atoms with E-state index in [-0.39, 0.29) is 30.7 Å². The van der Waals surface area contributed by atoms with Crippen LogP contribution >= 0.6 is 15.9 Å². The molecule has 1 aliphatic rings. The number of piperidine rings is 1. The molecule has 2 amide bonds. The van der Waals surface area contributed by atoms with Gasteiger partial charge in [0.05, 0.1) is 11.0 Å². The van der Waals surface area contributed by atoms with Crippen LogP contribution in [0.3, 0.4) is 0 Å². The number of rotatable bonds is 6. The van der Waals surface area contributed by atoms with Gasteiger partial charge in [-0.15, -0.1) is 0 Å². The molecule has 7 nitrogen and oxygen atoms in total. The maximum Gasteiger partial charge on any atom is 0.329 e. The lowest BCUT2D eigenvalue weighted by Crippen LogP contribution is -2.48. The number of imidazole rings is 1. The summed E-state index contributed by atoms with van der Waals surface area (Å²) in [5.74, 6) is -0.623. The smallest absolute Gasteiger partial charge is 0.329 e. The molecule has 1 aromatic carbocycles. The Balaban J connectivity index is 1.86. The molecule has 0 radical (unpaired) electrons. The molecule has 1 saturated heterocycles. The van der Waals surface area contributed by atoms with E-state index < -0.39 is 14.1 Å². The number of fused-ring (bicyclic) bond motifs is 1. The first-order valence-electron chi connectivity index (χ1n) is 9.39. The summed E-state index contributed by atoms with van der Waals surface area (Å²) in [6.07, 6.45) is 0.527. The summed E-state index contributed by atoms with van der Waals surface area (Å²) in [6.45, 7) is 7.21. The Bertz CT molecular complexity index is 976. The van der Waals surface area contributed by atoms with E-state index in [2.05, 4.69) is 35.6 Å². The van der Waals surface area contributed by atoms with E-state index in [1.54, 1.807) is 7.05 Å². The van der Waals surface area contributed by atoms with E-state index in [4.69, 9.17) is 4.74 Å². The first-order chi connectivity index (χ1) is 13.1. The predicted octanol–water partition coefficient (Wildman–Crippen LogP) is 3.10. The number of hydrogen-bond acceptors (Lipinski definition) is 4. The highest BCUT2D eigenvalue weighted by molar-refractivity contribution is 9.10. The lowest BCUT2D eigenvalue weighted by molar-refractivity contribution is -0.157. The van der Waals surface area contributed by atoms with Crippen LogP contribution in [0.5, 0.6) is 0 Å². The topological polar surface area (TPSA) is 73.5 Å². The summed E-state index contributed by atoms with van der Waals surface area (Å²) in [4.78, 5) is 39.4. The first-order valence-corrected chi connectivity index (χ1v) is 13.9. The van der Waals surface area contributed by atoms with Gasteiger partial charge < -0.3 is 4.74 Å². The summed E-state index contributed by atoms with van der Waals surface area (Å²) < 4.78 is 9.45. The van der Waals surface area contributed by atoms with E-state index in [0.717, 1.165) is 20.9 Å². The van der Waals surface area contributed by atoms with Crippen LogP contribution in [0.15, 0.2) is 27.5 Å². The number of aryl methyl sites for hydroxylation is 1. The van der Waals surface area contributed by atoms with Crippen molar-refractivity contribution < 1.29 is 14.3 Å². The van der Waals surface area contributed by atoms with Gasteiger partial charge >= 0.3 is 5.69 Å². The van der Waals surface area contributed by atoms with Gasteiger partial charge in [0.25, 0.3) is 5.91 Å². The summed E-state index contributed by atoms with van der Waals surface area (Å²) in [6, 6.07) is 5.77. The van der Waals surface area contributed by atoms with Crippen molar-refractivity contribution in [2.24, 2.45) is 7.05 Å². The molecule has 1 unspecified atom stereocenters. The Labute approximate surface area is 173 Å². The summed E-state index contributed by atoms with van der Waals surface area (Å²) in [5, 5.41) is 0. The number of likely N-dealkylation sites (tertiary alicyclic amines) is 1. The highest BCUT2D eigenvalue weighted by Gasteiger charge is 2.37. The average Bonchev–Trinajstić information content (AvgIpc) is 2.86. The second kappa shape index (κ2) is 7.96. The van der Waals surface area contributed by atoms with Crippen molar-refractivity contribution >= 4 is 46.9 Å². The summed E-state index contributed by atoms with van der Waals surface area (Å²) in [5.41, 5.74) is 1.14. The zero-order valence-electron chi connectivity index (χ0n) is 16.7. The van der Waals surface area contributed by atoms with Crippen molar-refractivity contribution in [2.45, 2.75) is 44.6 Å². The van der Waals surface area contributed by atoms with Gasteiger partial charge in [0.1, 0.15) is 12.8 Å². The van der Waals surface area contributed by atoms with Crippen LogP contribution in [0.1, 0.15) is 18.9 Å². The van der Waals surface area contributed by atoms with Crippen LogP contribution in [0.4, 0.5) is 0 Å². The molecule has 1 fully saturated rings. The van der Waals surface area contributed by atoms with E-state index >= 15 is 0 Å². The lowest BCUT2D eigenvalue weighted by atomic mass is 10.0. The molecule has 0 bridgehead atoms. The van der Waals surface area contributed by atoms with Crippen molar-refractivity contribution in [3.63, 3.8) is 0 Å². The number of halogens is 1. The van der Waals surface area contributed by atoms with E-state index in [1.807, 2.05) is 18.2 Å². The number of carbonyl (C=O) groups excluding carboxylic acids is 2. The highest BCUT2D eigenvalue weighted by atomic mass is 79.9. The average molecular weight is 468 g/mol. The van der Waals surface area contributed by atoms with Gasteiger partial charge in [-0.05, 0) is 40.5 Å². The van der Waals surface area contributed by atoms with Gasteiger partial charge in [-0.3, -0.25) is 23.6 Å². The van der Waals surface area contributed by atoms with E-state index in [1.165, 1.54) is 9.13 Å². The quantitative estimate of drug-likeness (QED) is 0.371. The van der Waals surface area contributed by atoms with Gasteiger partial charge in [0, 0.05) is 32.6 Å². The number of nitrogens with zero attached hydrogens (tertiary/aromatic N) is 3. The molecule has 1 atom stereocenters. The molecule has 3 rings (SSSR count). The minimum Gasteiger partial charge on any atom is -0.361 e. The number of aromatic nitrogens is 2. The number of carbonyl (C=O) groups is 2. The maximum atomic E-state index is 13.1. The Kier molecular flexibility index (Phi) is 5.97. The molecule has 1 aromatic heterocycles. The Morgan fingerprint density at radius 1 is 1.21 bits per heavy atom. The second-order valence-corrected chi connectivity index (χ2v) is 14.9. The number of para-hydroxylation sites is 1. The molecule has 28 heavy (non-hydrogen) atoms. The van der Waals surface area contributed by atoms with Crippen LogP contribution in [0, 0.1) is 0 Å². The largest absolute Gasteiger partial charge is 0.361 e. The molecule has 0 aliphatic carbocycles. The Hall–Kier alpha value is -1.71. The zero-order chi connectivity index (χ0) is 20.6. The Morgan fingerprint density at radius 2 is 1.93 bits per heavy atom. The molecule has 152 valence electrons. The number of imide groups is 1. The molecule has 0 saturated carbocycles. The summed E-state index contributed by atoms with van der Waals surface area (Å²) >= 11 is 3.47. The highest BCUT2D eigenvalue weighted by Crippen LogP contribution is 2.29. The maximum absolute atomic E-state index is 13.1. The third-order valence-corrected chi connectivity index (χ3v) is 7.41. The fourth-order valence-corrected chi connectivity index (χ4v) is 4.80. The molecule has 1 aliphatic heterocycles. The third-order valence-electron chi connectivity index (χ3n) is 5.07. The molecule has 0 spiro atoms. The number of ether oxygens (including phenoxy) is 1. The van der Waals surface area contributed by atoms with Crippen molar-refractivity contribution in [1.29, 1.82) is 0 Å². The normalized spacial score (nSPS) is 18.3. The van der Waals surface area contributed by atoms with Crippen LogP contribution in [-0.4, -0.2) is 47.3 Å². The zero-order valence-corrected chi connectivity index (χ0v) is 19.3.